The first-order chi connectivity index (χ1) is 10.7. The summed E-state index contributed by atoms with van der Waals surface area (Å²) in [7, 11) is 2.00. The number of hydrogen-bond acceptors (Lipinski definition) is 3. The van der Waals surface area contributed by atoms with E-state index in [-0.39, 0.29) is 5.91 Å². The third-order valence-corrected chi connectivity index (χ3v) is 3.24. The summed E-state index contributed by atoms with van der Waals surface area (Å²) in [5.74, 6) is 1.65. The number of carbonyl (C=O) groups excluding carboxylic acids is 1. The van der Waals surface area contributed by atoms with Gasteiger partial charge in [-0.15, -0.1) is 0 Å². The van der Waals surface area contributed by atoms with Crippen molar-refractivity contribution in [2.24, 2.45) is 0 Å². The summed E-state index contributed by atoms with van der Waals surface area (Å²) in [4.78, 5) is 13.0. The van der Waals surface area contributed by atoms with Crippen molar-refractivity contribution in [1.29, 1.82) is 0 Å². The molecule has 22 heavy (non-hydrogen) atoms. The minimum atomic E-state index is 0.0137. The number of benzene rings is 1. The topological polar surface area (TPSA) is 55.9 Å². The van der Waals surface area contributed by atoms with E-state index in [2.05, 4.69) is 5.32 Å². The maximum Gasteiger partial charge on any atom is 0.275 e. The van der Waals surface area contributed by atoms with Crippen molar-refractivity contribution in [1.82, 2.24) is 5.32 Å². The molecule has 1 amide bonds. The monoisotopic (exact) mass is 303 g/mol. The second kappa shape index (κ2) is 8.24. The normalized spacial score (nSPS) is 11.9. The van der Waals surface area contributed by atoms with Gasteiger partial charge in [-0.1, -0.05) is 0 Å². The van der Waals surface area contributed by atoms with Crippen LogP contribution in [0.2, 0.25) is 0 Å². The molecular formula is C17H23N2O3+. The lowest BCUT2D eigenvalue weighted by Gasteiger charge is -2.14. The minimum Gasteiger partial charge on any atom is -0.494 e. The quantitative estimate of drug-likeness (QED) is 0.765. The van der Waals surface area contributed by atoms with Gasteiger partial charge in [0, 0.05) is 5.56 Å². The van der Waals surface area contributed by atoms with E-state index >= 15 is 0 Å². The molecule has 1 atom stereocenters. The molecule has 5 nitrogen and oxygen atoms in total. The number of carbonyl (C=O) groups is 1. The molecule has 0 bridgehead atoms. The molecule has 0 aliphatic heterocycles. The van der Waals surface area contributed by atoms with Crippen LogP contribution in [0.5, 0.6) is 5.75 Å². The highest BCUT2D eigenvalue weighted by atomic mass is 16.5. The SMILES string of the molecule is CCOc1ccc(C[NH+](C)CC(=O)NCc2ccco2)cc1. The van der Waals surface area contributed by atoms with Crippen LogP contribution < -0.4 is 15.0 Å². The van der Waals surface area contributed by atoms with Crippen LogP contribution >= 0.6 is 0 Å². The summed E-state index contributed by atoms with van der Waals surface area (Å²) >= 11 is 0. The average molecular weight is 303 g/mol. The molecule has 1 aromatic carbocycles. The van der Waals surface area contributed by atoms with E-state index in [4.69, 9.17) is 9.15 Å². The van der Waals surface area contributed by atoms with Gasteiger partial charge in [-0.2, -0.15) is 0 Å². The first-order valence-electron chi connectivity index (χ1n) is 7.49. The van der Waals surface area contributed by atoms with Crippen molar-refractivity contribution in [3.8, 4) is 5.75 Å². The lowest BCUT2D eigenvalue weighted by atomic mass is 10.2. The van der Waals surface area contributed by atoms with Crippen LogP contribution in [0.3, 0.4) is 0 Å². The molecule has 0 saturated carbocycles. The van der Waals surface area contributed by atoms with Crippen LogP contribution in [-0.2, 0) is 17.9 Å². The van der Waals surface area contributed by atoms with Crippen LogP contribution in [0.15, 0.2) is 47.1 Å². The summed E-state index contributed by atoms with van der Waals surface area (Å²) in [5.41, 5.74) is 1.18. The maximum atomic E-state index is 11.9. The molecule has 2 N–H and O–H groups in total. The van der Waals surface area contributed by atoms with E-state index in [1.165, 1.54) is 5.56 Å². The molecule has 0 aliphatic rings. The van der Waals surface area contributed by atoms with Gasteiger partial charge < -0.3 is 19.4 Å². The highest BCUT2D eigenvalue weighted by Gasteiger charge is 2.11. The van der Waals surface area contributed by atoms with Gasteiger partial charge in [-0.05, 0) is 43.3 Å². The lowest BCUT2D eigenvalue weighted by Crippen LogP contribution is -3.08. The molecule has 5 heteroatoms. The van der Waals surface area contributed by atoms with Crippen molar-refractivity contribution < 1.29 is 18.8 Å². The molecule has 118 valence electrons. The van der Waals surface area contributed by atoms with Gasteiger partial charge in [0.2, 0.25) is 0 Å². The number of quaternary nitrogens is 1. The van der Waals surface area contributed by atoms with Gasteiger partial charge in [-0.25, -0.2) is 0 Å². The Morgan fingerprint density at radius 3 is 2.68 bits per heavy atom. The summed E-state index contributed by atoms with van der Waals surface area (Å²) in [5, 5.41) is 2.85. The van der Waals surface area contributed by atoms with E-state index in [1.54, 1.807) is 6.26 Å². The zero-order chi connectivity index (χ0) is 15.8. The second-order valence-corrected chi connectivity index (χ2v) is 5.24. The van der Waals surface area contributed by atoms with Gasteiger partial charge in [-0.3, -0.25) is 4.79 Å². The van der Waals surface area contributed by atoms with Crippen LogP contribution in [0.1, 0.15) is 18.2 Å². The lowest BCUT2D eigenvalue weighted by molar-refractivity contribution is -0.885. The Kier molecular flexibility index (Phi) is 6.03. The molecule has 0 fully saturated rings. The molecule has 0 saturated heterocycles. The van der Waals surface area contributed by atoms with Gasteiger partial charge in [0.25, 0.3) is 5.91 Å². The predicted octanol–water partition coefficient (Wildman–Crippen LogP) is 1.01. The first kappa shape index (κ1) is 16.1. The van der Waals surface area contributed by atoms with E-state index in [0.29, 0.717) is 19.7 Å². The van der Waals surface area contributed by atoms with Crippen molar-refractivity contribution in [2.75, 3.05) is 20.2 Å². The number of nitrogens with one attached hydrogen (secondary N) is 2. The fourth-order valence-electron chi connectivity index (χ4n) is 2.22. The predicted molar refractivity (Wildman–Crippen MR) is 83.6 cm³/mol. The summed E-state index contributed by atoms with van der Waals surface area (Å²) in [6.45, 7) is 4.28. The smallest absolute Gasteiger partial charge is 0.275 e. The molecule has 1 heterocycles. The fourth-order valence-corrected chi connectivity index (χ4v) is 2.22. The first-order valence-corrected chi connectivity index (χ1v) is 7.49. The van der Waals surface area contributed by atoms with Crippen LogP contribution in [0.4, 0.5) is 0 Å². The van der Waals surface area contributed by atoms with E-state index < -0.39 is 0 Å². The Morgan fingerprint density at radius 1 is 1.27 bits per heavy atom. The summed E-state index contributed by atoms with van der Waals surface area (Å²) < 4.78 is 10.6. The number of hydrogen-bond donors (Lipinski definition) is 2. The summed E-state index contributed by atoms with van der Waals surface area (Å²) in [6.07, 6.45) is 1.60. The third-order valence-electron chi connectivity index (χ3n) is 3.24. The fraction of sp³-hybridized carbons (Fsp3) is 0.353. The maximum absolute atomic E-state index is 11.9. The standard InChI is InChI=1S/C17H22N2O3/c1-3-21-15-8-6-14(7-9-15)12-19(2)13-17(20)18-11-16-5-4-10-22-16/h4-10H,3,11-13H2,1-2H3,(H,18,20)/p+1. The van der Waals surface area contributed by atoms with Crippen LogP contribution in [-0.4, -0.2) is 26.1 Å². The molecule has 0 aliphatic carbocycles. The highest BCUT2D eigenvalue weighted by molar-refractivity contribution is 5.76. The van der Waals surface area contributed by atoms with Crippen molar-refractivity contribution in [3.63, 3.8) is 0 Å². The molecule has 1 unspecified atom stereocenters. The number of furan rings is 1. The molecule has 2 rings (SSSR count). The van der Waals surface area contributed by atoms with E-state index in [9.17, 15) is 4.79 Å². The second-order valence-electron chi connectivity index (χ2n) is 5.24. The molecule has 0 radical (unpaired) electrons. The Balaban J connectivity index is 1.74. The number of amides is 1. The zero-order valence-electron chi connectivity index (χ0n) is 13.1. The van der Waals surface area contributed by atoms with E-state index in [0.717, 1.165) is 23.0 Å². The van der Waals surface area contributed by atoms with E-state index in [1.807, 2.05) is 50.4 Å². The molecule has 0 spiro atoms. The largest absolute Gasteiger partial charge is 0.494 e. The van der Waals surface area contributed by atoms with Crippen molar-refractivity contribution >= 4 is 5.91 Å². The Bertz CT molecular complexity index is 564. The number of likely N-dealkylation sites (N-methyl/N-ethyl adjacent to an activating group) is 1. The number of rotatable bonds is 8. The van der Waals surface area contributed by atoms with Crippen LogP contribution in [0.25, 0.3) is 0 Å². The van der Waals surface area contributed by atoms with Crippen LogP contribution in [0, 0.1) is 0 Å². The minimum absolute atomic E-state index is 0.0137. The van der Waals surface area contributed by atoms with Gasteiger partial charge in [0.05, 0.1) is 26.5 Å². The van der Waals surface area contributed by atoms with Crippen molar-refractivity contribution in [3.05, 3.63) is 54.0 Å². The Morgan fingerprint density at radius 2 is 2.05 bits per heavy atom. The molecule has 1 aromatic heterocycles. The number of ether oxygens (including phenoxy) is 1. The Labute approximate surface area is 130 Å². The zero-order valence-corrected chi connectivity index (χ0v) is 13.1. The van der Waals surface area contributed by atoms with Gasteiger partial charge in [0.1, 0.15) is 18.1 Å². The van der Waals surface area contributed by atoms with Crippen molar-refractivity contribution in [2.45, 2.75) is 20.0 Å². The third kappa shape index (κ3) is 5.26. The van der Waals surface area contributed by atoms with Gasteiger partial charge >= 0.3 is 0 Å². The van der Waals surface area contributed by atoms with Gasteiger partial charge in [0.15, 0.2) is 6.54 Å². The molecule has 2 aromatic rings. The highest BCUT2D eigenvalue weighted by Crippen LogP contribution is 2.11. The average Bonchev–Trinajstić information content (AvgIpc) is 3.01. The molecular weight excluding hydrogens is 280 g/mol. The summed E-state index contributed by atoms with van der Waals surface area (Å²) in [6, 6.07) is 11.7. The Hall–Kier alpha value is -2.27.